The molecule has 27 heavy (non-hydrogen) atoms. The number of anilines is 1. The fraction of sp³-hybridized carbons (Fsp3) is 0.286. The van der Waals surface area contributed by atoms with Gasteiger partial charge in [0, 0.05) is 18.2 Å². The first-order valence-corrected chi connectivity index (χ1v) is 8.75. The number of nitrogens with one attached hydrogen (secondary N) is 1. The van der Waals surface area contributed by atoms with E-state index in [0.717, 1.165) is 11.3 Å². The van der Waals surface area contributed by atoms with Crippen LogP contribution in [0.15, 0.2) is 53.1 Å². The first-order chi connectivity index (χ1) is 12.8. The molecule has 0 atom stereocenters. The van der Waals surface area contributed by atoms with Gasteiger partial charge in [0.25, 0.3) is 5.91 Å². The van der Waals surface area contributed by atoms with Gasteiger partial charge >= 0.3 is 0 Å². The van der Waals surface area contributed by atoms with Crippen molar-refractivity contribution in [1.29, 1.82) is 0 Å². The van der Waals surface area contributed by atoms with E-state index in [-0.39, 0.29) is 17.9 Å². The Morgan fingerprint density at radius 2 is 1.74 bits per heavy atom. The van der Waals surface area contributed by atoms with Crippen LogP contribution in [-0.2, 0) is 10.2 Å². The second-order valence-corrected chi connectivity index (χ2v) is 7.33. The van der Waals surface area contributed by atoms with Crippen molar-refractivity contribution in [2.75, 3.05) is 11.9 Å². The topological polar surface area (TPSA) is 77.2 Å². The maximum Gasteiger partial charge on any atom is 0.262 e. The van der Waals surface area contributed by atoms with Crippen molar-refractivity contribution >= 4 is 11.6 Å². The third-order valence-electron chi connectivity index (χ3n) is 4.04. The van der Waals surface area contributed by atoms with Gasteiger partial charge in [0.1, 0.15) is 5.75 Å². The van der Waals surface area contributed by atoms with Crippen LogP contribution >= 0.6 is 0 Å². The molecule has 0 spiro atoms. The first-order valence-electron chi connectivity index (χ1n) is 8.75. The largest absolute Gasteiger partial charge is 0.484 e. The number of nitrogens with zero attached hydrogens (tertiary/aromatic N) is 2. The van der Waals surface area contributed by atoms with Crippen LogP contribution in [0.3, 0.4) is 0 Å². The summed E-state index contributed by atoms with van der Waals surface area (Å²) in [5, 5.41) is 6.70. The zero-order valence-electron chi connectivity index (χ0n) is 15.9. The Morgan fingerprint density at radius 3 is 2.30 bits per heavy atom. The minimum absolute atomic E-state index is 0.0678. The Kier molecular flexibility index (Phi) is 5.26. The van der Waals surface area contributed by atoms with Crippen molar-refractivity contribution in [3.63, 3.8) is 0 Å². The highest BCUT2D eigenvalue weighted by atomic mass is 16.5. The maximum absolute atomic E-state index is 12.1. The van der Waals surface area contributed by atoms with Gasteiger partial charge < -0.3 is 14.6 Å². The van der Waals surface area contributed by atoms with Gasteiger partial charge in [0.05, 0.1) is 0 Å². The Bertz CT molecular complexity index is 907. The van der Waals surface area contributed by atoms with E-state index >= 15 is 0 Å². The van der Waals surface area contributed by atoms with Crippen molar-refractivity contribution in [2.45, 2.75) is 33.1 Å². The van der Waals surface area contributed by atoms with E-state index in [1.54, 1.807) is 19.1 Å². The highest BCUT2D eigenvalue weighted by molar-refractivity contribution is 5.91. The smallest absolute Gasteiger partial charge is 0.262 e. The number of hydrogen-bond acceptors (Lipinski definition) is 5. The Balaban J connectivity index is 1.53. The standard InChI is InChI=1S/C21H23N3O3/c1-14-22-20(24-27-14)15-5-11-18(12-6-15)26-13-19(25)23-17-9-7-16(8-10-17)21(2,3)4/h5-12H,13H2,1-4H3,(H,23,25). The second-order valence-electron chi connectivity index (χ2n) is 7.33. The molecule has 140 valence electrons. The molecule has 6 nitrogen and oxygen atoms in total. The SMILES string of the molecule is Cc1nc(-c2ccc(OCC(=O)Nc3ccc(C(C)(C)C)cc3)cc2)no1. The lowest BCUT2D eigenvalue weighted by atomic mass is 9.87. The molecule has 0 bridgehead atoms. The highest BCUT2D eigenvalue weighted by Gasteiger charge is 2.13. The summed E-state index contributed by atoms with van der Waals surface area (Å²) in [7, 11) is 0. The number of ether oxygens (including phenoxy) is 1. The molecule has 0 aliphatic carbocycles. The van der Waals surface area contributed by atoms with Crippen LogP contribution < -0.4 is 10.1 Å². The quantitative estimate of drug-likeness (QED) is 0.727. The number of benzene rings is 2. The molecule has 0 saturated heterocycles. The van der Waals surface area contributed by atoms with Crippen molar-refractivity contribution in [3.05, 3.63) is 60.0 Å². The summed E-state index contributed by atoms with van der Waals surface area (Å²) < 4.78 is 10.5. The molecule has 3 aromatic rings. The molecule has 0 fully saturated rings. The molecule has 6 heteroatoms. The predicted molar refractivity (Wildman–Crippen MR) is 104 cm³/mol. The molecule has 1 heterocycles. The maximum atomic E-state index is 12.1. The van der Waals surface area contributed by atoms with Crippen molar-refractivity contribution in [2.24, 2.45) is 0 Å². The molecular weight excluding hydrogens is 342 g/mol. The first kappa shape index (κ1) is 18.6. The summed E-state index contributed by atoms with van der Waals surface area (Å²) in [6.45, 7) is 8.13. The zero-order valence-corrected chi connectivity index (χ0v) is 15.9. The normalized spacial score (nSPS) is 11.3. The number of carbonyl (C=O) groups is 1. The van der Waals surface area contributed by atoms with Crippen molar-refractivity contribution in [3.8, 4) is 17.1 Å². The molecular formula is C21H23N3O3. The van der Waals surface area contributed by atoms with Crippen LogP contribution in [-0.4, -0.2) is 22.7 Å². The average Bonchev–Trinajstić information content (AvgIpc) is 3.06. The monoisotopic (exact) mass is 365 g/mol. The molecule has 0 saturated carbocycles. The molecule has 3 rings (SSSR count). The number of aromatic nitrogens is 2. The Labute approximate surface area is 158 Å². The van der Waals surface area contributed by atoms with Crippen molar-refractivity contribution in [1.82, 2.24) is 10.1 Å². The van der Waals surface area contributed by atoms with Gasteiger partial charge in [-0.05, 0) is 47.4 Å². The van der Waals surface area contributed by atoms with Gasteiger partial charge in [-0.3, -0.25) is 4.79 Å². The van der Waals surface area contributed by atoms with E-state index in [1.807, 2.05) is 36.4 Å². The number of hydrogen-bond donors (Lipinski definition) is 1. The van der Waals surface area contributed by atoms with E-state index < -0.39 is 0 Å². The van der Waals surface area contributed by atoms with Crippen LogP contribution in [0, 0.1) is 6.92 Å². The van der Waals surface area contributed by atoms with Crippen LogP contribution in [0.5, 0.6) is 5.75 Å². The molecule has 2 aromatic carbocycles. The molecule has 1 amide bonds. The third-order valence-corrected chi connectivity index (χ3v) is 4.04. The summed E-state index contributed by atoms with van der Waals surface area (Å²) in [4.78, 5) is 16.3. The van der Waals surface area contributed by atoms with Crippen LogP contribution in [0.1, 0.15) is 32.2 Å². The molecule has 1 N–H and O–H groups in total. The predicted octanol–water partition coefficient (Wildman–Crippen LogP) is 4.36. The van der Waals surface area contributed by atoms with Gasteiger partial charge in [-0.15, -0.1) is 0 Å². The Hall–Kier alpha value is -3.15. The lowest BCUT2D eigenvalue weighted by Crippen LogP contribution is -2.20. The second kappa shape index (κ2) is 7.61. The van der Waals surface area contributed by atoms with E-state index in [0.29, 0.717) is 17.5 Å². The van der Waals surface area contributed by atoms with Gasteiger partial charge in [-0.2, -0.15) is 4.98 Å². The lowest BCUT2D eigenvalue weighted by molar-refractivity contribution is -0.118. The van der Waals surface area contributed by atoms with E-state index in [1.165, 1.54) is 5.56 Å². The van der Waals surface area contributed by atoms with Gasteiger partial charge in [-0.1, -0.05) is 38.1 Å². The summed E-state index contributed by atoms with van der Waals surface area (Å²) in [5.74, 6) is 1.42. The molecule has 0 unspecified atom stereocenters. The van der Waals surface area contributed by atoms with Crippen LogP contribution in [0.2, 0.25) is 0 Å². The number of carbonyl (C=O) groups excluding carboxylic acids is 1. The average molecular weight is 365 g/mol. The van der Waals surface area contributed by atoms with Gasteiger partial charge in [0.2, 0.25) is 11.7 Å². The number of rotatable bonds is 5. The summed E-state index contributed by atoms with van der Waals surface area (Å²) in [6.07, 6.45) is 0. The highest BCUT2D eigenvalue weighted by Crippen LogP contribution is 2.23. The molecule has 0 aliphatic heterocycles. The van der Waals surface area contributed by atoms with Crippen molar-refractivity contribution < 1.29 is 14.1 Å². The molecule has 1 aromatic heterocycles. The van der Waals surface area contributed by atoms with Crippen LogP contribution in [0.25, 0.3) is 11.4 Å². The fourth-order valence-electron chi connectivity index (χ4n) is 2.52. The molecule has 0 radical (unpaired) electrons. The summed E-state index contributed by atoms with van der Waals surface area (Å²) >= 11 is 0. The van der Waals surface area contributed by atoms with Crippen LogP contribution in [0.4, 0.5) is 5.69 Å². The summed E-state index contributed by atoms with van der Waals surface area (Å²) in [5.41, 5.74) is 2.87. The van der Waals surface area contributed by atoms with E-state index in [2.05, 4.69) is 36.2 Å². The zero-order chi connectivity index (χ0) is 19.4. The van der Waals surface area contributed by atoms with Gasteiger partial charge in [-0.25, -0.2) is 0 Å². The van der Waals surface area contributed by atoms with E-state index in [9.17, 15) is 4.79 Å². The molecule has 0 aliphatic rings. The minimum atomic E-state index is -0.212. The van der Waals surface area contributed by atoms with E-state index in [4.69, 9.17) is 9.26 Å². The lowest BCUT2D eigenvalue weighted by Gasteiger charge is -2.19. The third kappa shape index (κ3) is 4.94. The number of amides is 1. The summed E-state index contributed by atoms with van der Waals surface area (Å²) in [6, 6.07) is 15.0. The number of aryl methyl sites for hydroxylation is 1. The van der Waals surface area contributed by atoms with Gasteiger partial charge in [0.15, 0.2) is 6.61 Å². The Morgan fingerprint density at radius 1 is 1.07 bits per heavy atom. The minimum Gasteiger partial charge on any atom is -0.484 e. The fourth-order valence-corrected chi connectivity index (χ4v) is 2.52.